The number of carbonyl (C=O) groups is 1. The average Bonchev–Trinajstić information content (AvgIpc) is 3.52. The predicted molar refractivity (Wildman–Crippen MR) is 128 cm³/mol. The lowest BCUT2D eigenvalue weighted by molar-refractivity contribution is 0.0975. The molecule has 1 aromatic carbocycles. The topological polar surface area (TPSA) is 113 Å². The minimum Gasteiger partial charge on any atom is -0.363 e. The summed E-state index contributed by atoms with van der Waals surface area (Å²) in [4.78, 5) is 26.8. The molecule has 4 heterocycles. The van der Waals surface area contributed by atoms with E-state index in [1.807, 2.05) is 9.62 Å². The summed E-state index contributed by atoms with van der Waals surface area (Å²) < 4.78 is 58.1. The van der Waals surface area contributed by atoms with Crippen LogP contribution in [0.4, 0.5) is 20.3 Å². The summed E-state index contributed by atoms with van der Waals surface area (Å²) in [7, 11) is -3.04. The monoisotopic (exact) mass is 513 g/mol. The maximum atomic E-state index is 14.5. The van der Waals surface area contributed by atoms with Crippen LogP contribution < -0.4 is 13.9 Å². The third-order valence-corrected chi connectivity index (χ3v) is 7.43. The number of hydrogen-bond acceptors (Lipinski definition) is 7. The number of halogens is 2. The summed E-state index contributed by atoms with van der Waals surface area (Å²) in [6.45, 7) is 0.597. The second kappa shape index (κ2) is 9.15. The van der Waals surface area contributed by atoms with Crippen molar-refractivity contribution in [1.82, 2.24) is 24.1 Å². The molecule has 1 amide bonds. The summed E-state index contributed by atoms with van der Waals surface area (Å²) in [5.41, 5.74) is 1.31. The van der Waals surface area contributed by atoms with Crippen LogP contribution in [-0.4, -0.2) is 47.3 Å². The number of hydrogen-bond donors (Lipinski definition) is 1. The van der Waals surface area contributed by atoms with Crippen molar-refractivity contribution in [2.24, 2.45) is 0 Å². The maximum Gasteiger partial charge on any atom is 0.327 e. The van der Waals surface area contributed by atoms with E-state index in [4.69, 9.17) is 0 Å². The molecule has 0 saturated carbocycles. The molecule has 1 atom stereocenters. The molecule has 5 rings (SSSR count). The molecule has 0 radical (unpaired) electrons. The summed E-state index contributed by atoms with van der Waals surface area (Å²) in [5, 5.41) is 0. The fraction of sp³-hybridized carbons (Fsp3) is 0.217. The second-order valence-corrected chi connectivity index (χ2v) is 9.95. The molecule has 0 aliphatic carbocycles. The van der Waals surface area contributed by atoms with Crippen molar-refractivity contribution in [3.63, 3.8) is 0 Å². The van der Waals surface area contributed by atoms with Crippen molar-refractivity contribution in [3.8, 4) is 0 Å². The minimum absolute atomic E-state index is 0.0179. The molecule has 186 valence electrons. The van der Waals surface area contributed by atoms with Crippen LogP contribution in [0, 0.1) is 11.6 Å². The first-order valence-corrected chi connectivity index (χ1v) is 12.4. The van der Waals surface area contributed by atoms with E-state index in [2.05, 4.69) is 15.0 Å². The number of amides is 1. The SMILES string of the molecule is CN(c1cnccn1)S(=O)(=O)NC(=O)c1cnc2ccc(N3CCCC3c3cc(F)ccc3F)cn12. The van der Waals surface area contributed by atoms with E-state index in [-0.39, 0.29) is 23.1 Å². The van der Waals surface area contributed by atoms with E-state index in [0.717, 1.165) is 22.9 Å². The van der Waals surface area contributed by atoms with Crippen LogP contribution in [0.15, 0.2) is 61.3 Å². The predicted octanol–water partition coefficient (Wildman–Crippen LogP) is 2.86. The summed E-state index contributed by atoms with van der Waals surface area (Å²) >= 11 is 0. The van der Waals surface area contributed by atoms with Crippen molar-refractivity contribution in [2.45, 2.75) is 18.9 Å². The molecule has 36 heavy (non-hydrogen) atoms. The highest BCUT2D eigenvalue weighted by atomic mass is 32.2. The van der Waals surface area contributed by atoms with Gasteiger partial charge in [0.05, 0.1) is 24.1 Å². The largest absolute Gasteiger partial charge is 0.363 e. The number of nitrogens with zero attached hydrogens (tertiary/aromatic N) is 6. The number of nitrogens with one attached hydrogen (secondary N) is 1. The molecule has 1 fully saturated rings. The van der Waals surface area contributed by atoms with Crippen LogP contribution >= 0.6 is 0 Å². The smallest absolute Gasteiger partial charge is 0.327 e. The summed E-state index contributed by atoms with van der Waals surface area (Å²) in [6.07, 6.45) is 8.26. The Morgan fingerprint density at radius 2 is 1.97 bits per heavy atom. The van der Waals surface area contributed by atoms with E-state index in [1.165, 1.54) is 42.3 Å². The zero-order valence-corrected chi connectivity index (χ0v) is 19.9. The van der Waals surface area contributed by atoms with Crippen molar-refractivity contribution in [3.05, 3.63) is 84.2 Å². The van der Waals surface area contributed by atoms with Gasteiger partial charge in [-0.15, -0.1) is 0 Å². The Morgan fingerprint density at radius 1 is 1.14 bits per heavy atom. The fourth-order valence-corrected chi connectivity index (χ4v) is 5.11. The zero-order chi connectivity index (χ0) is 25.4. The average molecular weight is 514 g/mol. The quantitative estimate of drug-likeness (QED) is 0.422. The van der Waals surface area contributed by atoms with Crippen molar-refractivity contribution < 1.29 is 22.0 Å². The third-order valence-electron chi connectivity index (χ3n) is 6.08. The maximum absolute atomic E-state index is 14.5. The molecule has 13 heteroatoms. The molecule has 1 aliphatic rings. The van der Waals surface area contributed by atoms with Crippen LogP contribution in [0.25, 0.3) is 5.65 Å². The Labute approximate surface area is 205 Å². The highest BCUT2D eigenvalue weighted by Crippen LogP contribution is 2.37. The first-order chi connectivity index (χ1) is 17.2. The number of benzene rings is 1. The molecule has 4 aromatic rings. The zero-order valence-electron chi connectivity index (χ0n) is 19.0. The number of carbonyl (C=O) groups excluding carboxylic acids is 1. The van der Waals surface area contributed by atoms with Crippen molar-refractivity contribution in [1.29, 1.82) is 0 Å². The van der Waals surface area contributed by atoms with E-state index in [9.17, 15) is 22.0 Å². The Hall–Kier alpha value is -4.13. The number of rotatable bonds is 6. The Kier molecular flexibility index (Phi) is 6.00. The third kappa shape index (κ3) is 4.33. The van der Waals surface area contributed by atoms with Gasteiger partial charge >= 0.3 is 10.2 Å². The van der Waals surface area contributed by atoms with E-state index in [1.54, 1.807) is 18.3 Å². The van der Waals surface area contributed by atoms with Gasteiger partial charge in [-0.25, -0.2) is 27.8 Å². The van der Waals surface area contributed by atoms with Crippen LogP contribution in [0.5, 0.6) is 0 Å². The van der Waals surface area contributed by atoms with E-state index < -0.39 is 27.8 Å². The molecule has 10 nitrogen and oxygen atoms in total. The van der Waals surface area contributed by atoms with Gasteiger partial charge in [-0.3, -0.25) is 14.2 Å². The van der Waals surface area contributed by atoms with Gasteiger partial charge in [0.2, 0.25) is 0 Å². The molecule has 3 aromatic heterocycles. The van der Waals surface area contributed by atoms with Gasteiger partial charge in [-0.1, -0.05) is 0 Å². The molecule has 1 saturated heterocycles. The number of imidazole rings is 1. The minimum atomic E-state index is -4.28. The molecule has 0 bridgehead atoms. The first kappa shape index (κ1) is 23.6. The van der Waals surface area contributed by atoms with Crippen LogP contribution in [-0.2, 0) is 10.2 Å². The van der Waals surface area contributed by atoms with Crippen LogP contribution in [0.3, 0.4) is 0 Å². The Morgan fingerprint density at radius 3 is 2.75 bits per heavy atom. The van der Waals surface area contributed by atoms with Crippen molar-refractivity contribution >= 4 is 33.3 Å². The first-order valence-electron chi connectivity index (χ1n) is 11.0. The summed E-state index contributed by atoms with van der Waals surface area (Å²) in [5.74, 6) is -1.88. The fourth-order valence-electron chi connectivity index (χ4n) is 4.29. The molecular formula is C23H21F2N7O3S. The summed E-state index contributed by atoms with van der Waals surface area (Å²) in [6, 6.07) is 6.45. The standard InChI is InChI=1S/C23H21F2N7O3S/c1-30(22-13-26-8-9-27-22)36(34,35)29-23(33)20-12-28-21-7-5-16(14-32(20)21)31-10-2-3-19(31)17-11-15(24)4-6-18(17)25/h4-9,11-14,19H,2-3,10H2,1H3,(H,29,33). The molecular weight excluding hydrogens is 492 g/mol. The molecule has 1 N–H and O–H groups in total. The van der Waals surface area contributed by atoms with Gasteiger partial charge < -0.3 is 4.90 Å². The van der Waals surface area contributed by atoms with Gasteiger partial charge in [-0.05, 0) is 43.2 Å². The lowest BCUT2D eigenvalue weighted by Crippen LogP contribution is -2.42. The Bertz CT molecular complexity index is 1550. The lowest BCUT2D eigenvalue weighted by atomic mass is 10.0. The van der Waals surface area contributed by atoms with Crippen LogP contribution in [0.1, 0.15) is 34.9 Å². The van der Waals surface area contributed by atoms with Gasteiger partial charge in [0, 0.05) is 37.7 Å². The highest BCUT2D eigenvalue weighted by molar-refractivity contribution is 7.91. The molecule has 1 unspecified atom stereocenters. The number of pyridine rings is 1. The van der Waals surface area contributed by atoms with Crippen molar-refractivity contribution in [2.75, 3.05) is 22.8 Å². The van der Waals surface area contributed by atoms with E-state index in [0.29, 0.717) is 24.3 Å². The van der Waals surface area contributed by atoms with Gasteiger partial charge in [0.15, 0.2) is 5.82 Å². The number of anilines is 2. The highest BCUT2D eigenvalue weighted by Gasteiger charge is 2.30. The second-order valence-electron chi connectivity index (χ2n) is 8.24. The number of fused-ring (bicyclic) bond motifs is 1. The van der Waals surface area contributed by atoms with Gasteiger partial charge in [0.25, 0.3) is 5.91 Å². The Balaban J connectivity index is 1.44. The normalized spacial score (nSPS) is 15.9. The lowest BCUT2D eigenvalue weighted by Gasteiger charge is -2.27. The van der Waals surface area contributed by atoms with Gasteiger partial charge in [0.1, 0.15) is 23.0 Å². The van der Waals surface area contributed by atoms with Gasteiger partial charge in [-0.2, -0.15) is 8.42 Å². The van der Waals surface area contributed by atoms with E-state index >= 15 is 0 Å². The molecule has 0 spiro atoms. The molecule has 1 aliphatic heterocycles. The van der Waals surface area contributed by atoms with Crippen LogP contribution in [0.2, 0.25) is 0 Å². The number of aromatic nitrogens is 4.